The molecule has 1 aromatic carbocycles. The lowest BCUT2D eigenvalue weighted by atomic mass is 10.2. The van der Waals surface area contributed by atoms with Gasteiger partial charge in [-0.25, -0.2) is 4.79 Å². The first-order valence-electron chi connectivity index (χ1n) is 6.41. The molecule has 0 aromatic heterocycles. The number of carbonyl (C=O) groups is 2. The van der Waals surface area contributed by atoms with Crippen molar-refractivity contribution in [2.24, 2.45) is 0 Å². The first kappa shape index (κ1) is 16.3. The molecule has 2 N–H and O–H groups in total. The van der Waals surface area contributed by atoms with E-state index >= 15 is 0 Å². The van der Waals surface area contributed by atoms with Crippen LogP contribution in [0.5, 0.6) is 5.75 Å². The van der Waals surface area contributed by atoms with Gasteiger partial charge in [0.1, 0.15) is 5.75 Å². The van der Waals surface area contributed by atoms with E-state index in [1.165, 1.54) is 0 Å². The monoisotopic (exact) mass is 298 g/mol. The second-order valence-corrected chi connectivity index (χ2v) is 4.97. The summed E-state index contributed by atoms with van der Waals surface area (Å²) in [5, 5.41) is 5.44. The van der Waals surface area contributed by atoms with Gasteiger partial charge in [-0.05, 0) is 44.0 Å². The fourth-order valence-electron chi connectivity index (χ4n) is 1.44. The third kappa shape index (κ3) is 5.48. The van der Waals surface area contributed by atoms with Crippen LogP contribution in [-0.4, -0.2) is 24.6 Å². The molecule has 0 heterocycles. The maximum Gasteiger partial charge on any atom is 0.321 e. The van der Waals surface area contributed by atoms with Gasteiger partial charge in [-0.2, -0.15) is 0 Å². The summed E-state index contributed by atoms with van der Waals surface area (Å²) in [6.45, 7) is 5.40. The van der Waals surface area contributed by atoms with Crippen LogP contribution in [0.2, 0.25) is 5.02 Å². The van der Waals surface area contributed by atoms with Crippen molar-refractivity contribution in [1.82, 2.24) is 10.6 Å². The summed E-state index contributed by atoms with van der Waals surface area (Å²) in [7, 11) is 0. The Kier molecular flexibility index (Phi) is 6.31. The third-order valence-corrected chi connectivity index (χ3v) is 2.97. The van der Waals surface area contributed by atoms with Gasteiger partial charge in [-0.3, -0.25) is 10.1 Å². The van der Waals surface area contributed by atoms with Crippen LogP contribution in [0.4, 0.5) is 4.79 Å². The Hall–Kier alpha value is -1.75. The number of halogens is 1. The van der Waals surface area contributed by atoms with Gasteiger partial charge in [0.05, 0.1) is 0 Å². The summed E-state index contributed by atoms with van der Waals surface area (Å²) in [6, 6.07) is 4.61. The van der Waals surface area contributed by atoms with Crippen molar-refractivity contribution in [3.8, 4) is 5.75 Å². The van der Waals surface area contributed by atoms with E-state index < -0.39 is 11.9 Å². The minimum absolute atomic E-state index is 0.0160. The Morgan fingerprint density at radius 1 is 1.40 bits per heavy atom. The lowest BCUT2D eigenvalue weighted by molar-refractivity contribution is -0.122. The molecule has 0 fully saturated rings. The highest BCUT2D eigenvalue weighted by atomic mass is 35.5. The molecule has 0 saturated heterocycles. The number of aryl methyl sites for hydroxylation is 1. The smallest absolute Gasteiger partial charge is 0.321 e. The van der Waals surface area contributed by atoms with E-state index in [4.69, 9.17) is 16.3 Å². The summed E-state index contributed by atoms with van der Waals surface area (Å²) in [5.74, 6) is 0.0621. The van der Waals surface area contributed by atoms with Crippen molar-refractivity contribution in [2.75, 3.05) is 6.61 Å². The van der Waals surface area contributed by atoms with Gasteiger partial charge < -0.3 is 10.1 Å². The van der Waals surface area contributed by atoms with E-state index in [0.29, 0.717) is 10.8 Å². The normalized spacial score (nSPS) is 11.6. The molecule has 0 radical (unpaired) electrons. The van der Waals surface area contributed by atoms with Crippen LogP contribution < -0.4 is 15.4 Å². The van der Waals surface area contributed by atoms with Gasteiger partial charge in [-0.1, -0.05) is 18.5 Å². The molecule has 0 saturated carbocycles. The molecule has 0 aliphatic heterocycles. The molecule has 3 amide bonds. The van der Waals surface area contributed by atoms with Crippen molar-refractivity contribution in [2.45, 2.75) is 33.2 Å². The molecule has 0 unspecified atom stereocenters. The minimum Gasteiger partial charge on any atom is -0.483 e. The Morgan fingerprint density at radius 2 is 2.10 bits per heavy atom. The quantitative estimate of drug-likeness (QED) is 0.878. The number of hydrogen-bond acceptors (Lipinski definition) is 3. The minimum atomic E-state index is -0.513. The van der Waals surface area contributed by atoms with Gasteiger partial charge in [0, 0.05) is 11.1 Å². The number of carbonyl (C=O) groups excluding carboxylic acids is 2. The first-order valence-corrected chi connectivity index (χ1v) is 6.79. The number of ether oxygens (including phenoxy) is 1. The number of urea groups is 1. The molecule has 5 nitrogen and oxygen atoms in total. The first-order chi connectivity index (χ1) is 9.42. The number of benzene rings is 1. The Balaban J connectivity index is 2.41. The second kappa shape index (κ2) is 7.75. The highest BCUT2D eigenvalue weighted by molar-refractivity contribution is 6.30. The highest BCUT2D eigenvalue weighted by Gasteiger charge is 2.10. The lowest BCUT2D eigenvalue weighted by Crippen LogP contribution is -2.44. The second-order valence-electron chi connectivity index (χ2n) is 4.53. The predicted molar refractivity (Wildman–Crippen MR) is 78.1 cm³/mol. The molecule has 1 rings (SSSR count). The number of imide groups is 1. The van der Waals surface area contributed by atoms with Crippen LogP contribution >= 0.6 is 11.6 Å². The molecule has 0 aliphatic rings. The standard InChI is InChI=1S/C14H19ClN2O3/c1-4-10(3)16-14(19)17-13(18)8-20-12-6-5-11(15)7-9(12)2/h5-7,10H,4,8H2,1-3H3,(H2,16,17,18,19)/t10-/m0/s1. The Morgan fingerprint density at radius 3 is 2.70 bits per heavy atom. The zero-order chi connectivity index (χ0) is 15.1. The summed E-state index contributed by atoms with van der Waals surface area (Å²) < 4.78 is 5.34. The topological polar surface area (TPSA) is 67.4 Å². The molecule has 0 aliphatic carbocycles. The van der Waals surface area contributed by atoms with Gasteiger partial charge in [-0.15, -0.1) is 0 Å². The van der Waals surface area contributed by atoms with E-state index in [1.54, 1.807) is 18.2 Å². The fraction of sp³-hybridized carbons (Fsp3) is 0.429. The molecule has 1 atom stereocenters. The zero-order valence-electron chi connectivity index (χ0n) is 11.8. The lowest BCUT2D eigenvalue weighted by Gasteiger charge is -2.12. The molecule has 1 aromatic rings. The van der Waals surface area contributed by atoms with Crippen LogP contribution in [0, 0.1) is 6.92 Å². The van der Waals surface area contributed by atoms with E-state index in [-0.39, 0.29) is 12.6 Å². The average molecular weight is 299 g/mol. The molecule has 6 heteroatoms. The number of nitrogens with one attached hydrogen (secondary N) is 2. The maximum absolute atomic E-state index is 11.6. The van der Waals surface area contributed by atoms with Gasteiger partial charge in [0.15, 0.2) is 6.61 Å². The maximum atomic E-state index is 11.6. The van der Waals surface area contributed by atoms with Gasteiger partial charge in [0.25, 0.3) is 5.91 Å². The van der Waals surface area contributed by atoms with Crippen molar-refractivity contribution in [3.05, 3.63) is 28.8 Å². The Bertz CT molecular complexity index is 491. The van der Waals surface area contributed by atoms with Crippen LogP contribution in [0.25, 0.3) is 0 Å². The molecule has 20 heavy (non-hydrogen) atoms. The van der Waals surface area contributed by atoms with Crippen LogP contribution in [0.1, 0.15) is 25.8 Å². The fourth-order valence-corrected chi connectivity index (χ4v) is 1.67. The van der Waals surface area contributed by atoms with Crippen LogP contribution in [0.3, 0.4) is 0 Å². The molecular weight excluding hydrogens is 280 g/mol. The number of amides is 3. The van der Waals surface area contributed by atoms with E-state index in [1.807, 2.05) is 20.8 Å². The number of rotatable bonds is 5. The third-order valence-electron chi connectivity index (χ3n) is 2.74. The predicted octanol–water partition coefficient (Wildman–Crippen LogP) is 2.65. The molecule has 110 valence electrons. The SMILES string of the molecule is CC[C@H](C)NC(=O)NC(=O)COc1ccc(Cl)cc1C. The summed E-state index contributed by atoms with van der Waals surface area (Å²) in [6.07, 6.45) is 0.794. The summed E-state index contributed by atoms with van der Waals surface area (Å²) in [5.41, 5.74) is 0.828. The summed E-state index contributed by atoms with van der Waals surface area (Å²) in [4.78, 5) is 23.0. The average Bonchev–Trinajstić information content (AvgIpc) is 2.37. The largest absolute Gasteiger partial charge is 0.483 e. The summed E-state index contributed by atoms with van der Waals surface area (Å²) >= 11 is 5.82. The zero-order valence-corrected chi connectivity index (χ0v) is 12.6. The van der Waals surface area contributed by atoms with E-state index in [2.05, 4.69) is 10.6 Å². The van der Waals surface area contributed by atoms with Crippen molar-refractivity contribution < 1.29 is 14.3 Å². The van der Waals surface area contributed by atoms with Crippen LogP contribution in [0.15, 0.2) is 18.2 Å². The van der Waals surface area contributed by atoms with Gasteiger partial charge >= 0.3 is 6.03 Å². The van der Waals surface area contributed by atoms with E-state index in [9.17, 15) is 9.59 Å². The highest BCUT2D eigenvalue weighted by Crippen LogP contribution is 2.21. The van der Waals surface area contributed by atoms with Crippen molar-refractivity contribution >= 4 is 23.5 Å². The Labute approximate surface area is 123 Å². The van der Waals surface area contributed by atoms with E-state index in [0.717, 1.165) is 12.0 Å². The molecular formula is C14H19ClN2O3. The molecule has 0 spiro atoms. The molecule has 0 bridgehead atoms. The van der Waals surface area contributed by atoms with Gasteiger partial charge in [0.2, 0.25) is 0 Å². The number of hydrogen-bond donors (Lipinski definition) is 2. The van der Waals surface area contributed by atoms with Crippen molar-refractivity contribution in [1.29, 1.82) is 0 Å². The van der Waals surface area contributed by atoms with Crippen LogP contribution in [-0.2, 0) is 4.79 Å². The van der Waals surface area contributed by atoms with Crippen molar-refractivity contribution in [3.63, 3.8) is 0 Å².